The maximum absolute atomic E-state index is 11.9. The zero-order chi connectivity index (χ0) is 14.7. The summed E-state index contributed by atoms with van der Waals surface area (Å²) < 4.78 is 10.9. The van der Waals surface area contributed by atoms with Gasteiger partial charge in [0, 0.05) is 12.7 Å². The molecule has 4 nitrogen and oxygen atoms in total. The highest BCUT2D eigenvalue weighted by atomic mass is 16.6. The summed E-state index contributed by atoms with van der Waals surface area (Å²) >= 11 is 0. The fraction of sp³-hybridized carbons (Fsp3) is 0.562. The number of carbonyl (C=O) groups excluding carboxylic acids is 1. The van der Waals surface area contributed by atoms with E-state index in [2.05, 4.69) is 6.92 Å². The van der Waals surface area contributed by atoms with E-state index in [1.165, 1.54) is 6.92 Å². The number of benzene rings is 1. The summed E-state index contributed by atoms with van der Waals surface area (Å²) in [4.78, 5) is 11.9. The van der Waals surface area contributed by atoms with Crippen LogP contribution in [-0.2, 0) is 21.6 Å². The van der Waals surface area contributed by atoms with Gasteiger partial charge in [-0.05, 0) is 55.4 Å². The highest BCUT2D eigenvalue weighted by Gasteiger charge is 2.47. The molecule has 0 amide bonds. The number of methoxy groups -OCH3 is 1. The van der Waals surface area contributed by atoms with Crippen molar-refractivity contribution in [2.75, 3.05) is 7.11 Å². The SMILES string of the molecule is CO[C@@H]1C[C@@H](C)Cc2c1c(C)cc1c2[C@@](C)(O)C(=O)O1. The van der Waals surface area contributed by atoms with Gasteiger partial charge < -0.3 is 14.6 Å². The lowest BCUT2D eigenvalue weighted by Gasteiger charge is -2.33. The summed E-state index contributed by atoms with van der Waals surface area (Å²) in [5, 5.41) is 10.5. The van der Waals surface area contributed by atoms with Gasteiger partial charge in [0.05, 0.1) is 6.10 Å². The predicted molar refractivity (Wildman–Crippen MR) is 73.6 cm³/mol. The summed E-state index contributed by atoms with van der Waals surface area (Å²) in [5.74, 6) is 0.359. The Labute approximate surface area is 118 Å². The van der Waals surface area contributed by atoms with E-state index < -0.39 is 11.6 Å². The monoisotopic (exact) mass is 276 g/mol. The van der Waals surface area contributed by atoms with Crippen LogP contribution in [0.3, 0.4) is 0 Å². The topological polar surface area (TPSA) is 55.8 Å². The van der Waals surface area contributed by atoms with Crippen LogP contribution in [0.1, 0.15) is 48.6 Å². The molecule has 0 aromatic heterocycles. The molecule has 0 spiro atoms. The third kappa shape index (κ3) is 1.71. The van der Waals surface area contributed by atoms with Crippen molar-refractivity contribution >= 4 is 5.97 Å². The fourth-order valence-electron chi connectivity index (χ4n) is 3.57. The molecule has 1 N–H and O–H groups in total. The van der Waals surface area contributed by atoms with Crippen molar-refractivity contribution in [1.29, 1.82) is 0 Å². The van der Waals surface area contributed by atoms with Crippen molar-refractivity contribution in [1.82, 2.24) is 0 Å². The molecule has 1 aliphatic carbocycles. The first-order chi connectivity index (χ1) is 9.36. The molecule has 3 atom stereocenters. The third-order valence-electron chi connectivity index (χ3n) is 4.51. The van der Waals surface area contributed by atoms with Crippen molar-refractivity contribution < 1.29 is 19.4 Å². The molecule has 0 fully saturated rings. The van der Waals surface area contributed by atoms with Crippen LogP contribution in [0, 0.1) is 12.8 Å². The van der Waals surface area contributed by atoms with Gasteiger partial charge in [-0.1, -0.05) is 6.92 Å². The Kier molecular flexibility index (Phi) is 2.92. The molecule has 1 aliphatic heterocycles. The Morgan fingerprint density at radius 2 is 2.20 bits per heavy atom. The largest absolute Gasteiger partial charge is 0.424 e. The van der Waals surface area contributed by atoms with Crippen LogP contribution in [0.2, 0.25) is 0 Å². The molecule has 4 heteroatoms. The average molecular weight is 276 g/mol. The molecular formula is C16H20O4. The van der Waals surface area contributed by atoms with E-state index in [9.17, 15) is 9.90 Å². The van der Waals surface area contributed by atoms with E-state index in [0.29, 0.717) is 17.2 Å². The normalized spacial score (nSPS) is 31.8. The van der Waals surface area contributed by atoms with Crippen molar-refractivity contribution in [3.8, 4) is 5.75 Å². The molecule has 1 aromatic rings. The lowest BCUT2D eigenvalue weighted by Crippen LogP contribution is -2.32. The maximum atomic E-state index is 11.9. The summed E-state index contributed by atoms with van der Waals surface area (Å²) in [6.07, 6.45) is 1.82. The van der Waals surface area contributed by atoms with E-state index in [1.54, 1.807) is 7.11 Å². The van der Waals surface area contributed by atoms with Gasteiger partial charge in [-0.2, -0.15) is 0 Å². The first-order valence-electron chi connectivity index (χ1n) is 7.00. The number of fused-ring (bicyclic) bond motifs is 3. The standard InChI is InChI=1S/C16H20O4/c1-8-5-10-13(11(6-8)19-4)9(2)7-12-14(10)16(3,18)15(17)20-12/h7-8,11,18H,5-6H2,1-4H3/t8-,11+,16+/m0/s1. The van der Waals surface area contributed by atoms with Crippen molar-refractivity contribution in [3.63, 3.8) is 0 Å². The second-order valence-electron chi connectivity index (χ2n) is 6.19. The Bertz CT molecular complexity index is 589. The number of carbonyl (C=O) groups is 1. The minimum atomic E-state index is -1.55. The zero-order valence-corrected chi connectivity index (χ0v) is 12.3. The Morgan fingerprint density at radius 3 is 2.85 bits per heavy atom. The van der Waals surface area contributed by atoms with Crippen LogP contribution in [0.25, 0.3) is 0 Å². The van der Waals surface area contributed by atoms with Gasteiger partial charge in [0.25, 0.3) is 0 Å². The summed E-state index contributed by atoms with van der Waals surface area (Å²) in [6, 6.07) is 1.84. The highest BCUT2D eigenvalue weighted by molar-refractivity contribution is 5.89. The van der Waals surface area contributed by atoms with Gasteiger partial charge in [-0.25, -0.2) is 4.79 Å². The number of hydrogen-bond acceptors (Lipinski definition) is 4. The van der Waals surface area contributed by atoms with E-state index in [4.69, 9.17) is 9.47 Å². The molecule has 1 aromatic carbocycles. The molecule has 1 heterocycles. The summed E-state index contributed by atoms with van der Waals surface area (Å²) in [7, 11) is 1.71. The minimum absolute atomic E-state index is 0.0190. The van der Waals surface area contributed by atoms with Crippen LogP contribution in [0.15, 0.2) is 6.07 Å². The lowest BCUT2D eigenvalue weighted by atomic mass is 9.76. The molecular weight excluding hydrogens is 256 g/mol. The summed E-state index contributed by atoms with van der Waals surface area (Å²) in [6.45, 7) is 5.68. The number of aliphatic hydroxyl groups is 1. The van der Waals surface area contributed by atoms with Gasteiger partial charge in [-0.3, -0.25) is 0 Å². The number of aryl methyl sites for hydroxylation is 1. The number of hydrogen-bond donors (Lipinski definition) is 1. The van der Waals surface area contributed by atoms with Crippen molar-refractivity contribution in [2.24, 2.45) is 5.92 Å². The van der Waals surface area contributed by atoms with Crippen molar-refractivity contribution in [2.45, 2.75) is 45.3 Å². The first kappa shape index (κ1) is 13.6. The quantitative estimate of drug-likeness (QED) is 0.632. The van der Waals surface area contributed by atoms with Crippen LogP contribution in [0.4, 0.5) is 0 Å². The van der Waals surface area contributed by atoms with E-state index in [0.717, 1.165) is 29.5 Å². The van der Waals surface area contributed by atoms with Gasteiger partial charge >= 0.3 is 5.97 Å². The van der Waals surface area contributed by atoms with Crippen molar-refractivity contribution in [3.05, 3.63) is 28.3 Å². The second-order valence-corrected chi connectivity index (χ2v) is 6.19. The molecule has 3 rings (SSSR count). The molecule has 20 heavy (non-hydrogen) atoms. The van der Waals surface area contributed by atoms with Crippen LogP contribution in [-0.4, -0.2) is 18.2 Å². The van der Waals surface area contributed by atoms with E-state index in [1.807, 2.05) is 13.0 Å². The minimum Gasteiger partial charge on any atom is -0.424 e. The zero-order valence-electron chi connectivity index (χ0n) is 12.3. The van der Waals surface area contributed by atoms with Crippen LogP contribution < -0.4 is 4.74 Å². The maximum Gasteiger partial charge on any atom is 0.348 e. The Balaban J connectivity index is 2.28. The molecule has 0 saturated heterocycles. The van der Waals surface area contributed by atoms with Crippen LogP contribution >= 0.6 is 0 Å². The molecule has 0 saturated carbocycles. The van der Waals surface area contributed by atoms with Gasteiger partial charge in [0.15, 0.2) is 5.60 Å². The fourth-order valence-corrected chi connectivity index (χ4v) is 3.57. The Hall–Kier alpha value is -1.39. The predicted octanol–water partition coefficient (Wildman–Crippen LogP) is 2.39. The molecule has 108 valence electrons. The molecule has 0 radical (unpaired) electrons. The molecule has 0 bridgehead atoms. The number of ether oxygens (including phenoxy) is 2. The number of rotatable bonds is 1. The molecule has 0 unspecified atom stereocenters. The second kappa shape index (κ2) is 4.30. The van der Waals surface area contributed by atoms with Gasteiger partial charge in [0.2, 0.25) is 0 Å². The van der Waals surface area contributed by atoms with E-state index >= 15 is 0 Å². The lowest BCUT2D eigenvalue weighted by molar-refractivity contribution is -0.150. The smallest absolute Gasteiger partial charge is 0.348 e. The first-order valence-corrected chi connectivity index (χ1v) is 7.00. The van der Waals surface area contributed by atoms with Crippen LogP contribution in [0.5, 0.6) is 5.75 Å². The summed E-state index contributed by atoms with van der Waals surface area (Å²) in [5.41, 5.74) is 2.28. The number of esters is 1. The van der Waals surface area contributed by atoms with Gasteiger partial charge in [-0.15, -0.1) is 0 Å². The highest BCUT2D eigenvalue weighted by Crippen LogP contribution is 2.48. The molecule has 2 aliphatic rings. The Morgan fingerprint density at radius 1 is 1.50 bits per heavy atom. The van der Waals surface area contributed by atoms with Gasteiger partial charge in [0.1, 0.15) is 5.75 Å². The van der Waals surface area contributed by atoms with E-state index in [-0.39, 0.29) is 6.10 Å². The third-order valence-corrected chi connectivity index (χ3v) is 4.51. The average Bonchev–Trinajstić information content (AvgIpc) is 2.58.